The molecule has 1 saturated heterocycles. The van der Waals surface area contributed by atoms with E-state index in [1.165, 1.54) is 55.2 Å². The number of aryl methyl sites for hydroxylation is 1. The number of benzene rings is 1. The van der Waals surface area contributed by atoms with Gasteiger partial charge in [-0.3, -0.25) is 0 Å². The van der Waals surface area contributed by atoms with Crippen molar-refractivity contribution in [2.24, 2.45) is 5.92 Å². The van der Waals surface area contributed by atoms with Crippen molar-refractivity contribution in [3.63, 3.8) is 0 Å². The van der Waals surface area contributed by atoms with Crippen LogP contribution < -0.4 is 0 Å². The van der Waals surface area contributed by atoms with E-state index < -0.39 is 0 Å². The first kappa shape index (κ1) is 15.1. The SMILES string of the molecule is CCCC1CCCC(c2c(C)cccc2C2OCCO2)C1. The lowest BCUT2D eigenvalue weighted by molar-refractivity contribution is -0.0451. The van der Waals surface area contributed by atoms with Gasteiger partial charge >= 0.3 is 0 Å². The molecule has 2 nitrogen and oxygen atoms in total. The molecule has 2 heteroatoms. The fourth-order valence-electron chi connectivity index (χ4n) is 4.23. The maximum absolute atomic E-state index is 5.78. The minimum Gasteiger partial charge on any atom is -0.346 e. The molecule has 1 heterocycles. The van der Waals surface area contributed by atoms with Crippen LogP contribution in [0.25, 0.3) is 0 Å². The molecule has 0 bridgehead atoms. The fourth-order valence-corrected chi connectivity index (χ4v) is 4.23. The maximum atomic E-state index is 5.78. The molecule has 2 fully saturated rings. The number of hydrogen-bond acceptors (Lipinski definition) is 2. The van der Waals surface area contributed by atoms with E-state index in [4.69, 9.17) is 9.47 Å². The van der Waals surface area contributed by atoms with Crippen molar-refractivity contribution in [2.75, 3.05) is 13.2 Å². The van der Waals surface area contributed by atoms with Gasteiger partial charge in [0.1, 0.15) is 0 Å². The highest BCUT2D eigenvalue weighted by molar-refractivity contribution is 5.38. The van der Waals surface area contributed by atoms with E-state index in [1.807, 2.05) is 0 Å². The van der Waals surface area contributed by atoms with Gasteiger partial charge in [0, 0.05) is 5.56 Å². The first-order valence-corrected chi connectivity index (χ1v) is 8.62. The van der Waals surface area contributed by atoms with Gasteiger partial charge in [0.15, 0.2) is 6.29 Å². The third-order valence-electron chi connectivity index (χ3n) is 5.12. The Bertz CT molecular complexity index is 461. The second-order valence-corrected chi connectivity index (χ2v) is 6.67. The predicted molar refractivity (Wildman–Crippen MR) is 85.4 cm³/mol. The molecule has 1 aliphatic heterocycles. The van der Waals surface area contributed by atoms with Gasteiger partial charge < -0.3 is 9.47 Å². The van der Waals surface area contributed by atoms with Crippen LogP contribution in [0.1, 0.15) is 74.3 Å². The molecule has 2 aliphatic rings. The van der Waals surface area contributed by atoms with Gasteiger partial charge in [-0.1, -0.05) is 50.8 Å². The van der Waals surface area contributed by atoms with E-state index in [0.29, 0.717) is 5.92 Å². The molecule has 0 N–H and O–H groups in total. The summed E-state index contributed by atoms with van der Waals surface area (Å²) in [5, 5.41) is 0. The van der Waals surface area contributed by atoms with Crippen molar-refractivity contribution in [1.82, 2.24) is 0 Å². The first-order chi connectivity index (χ1) is 10.3. The van der Waals surface area contributed by atoms with Gasteiger partial charge in [0.2, 0.25) is 0 Å². The average Bonchev–Trinajstić information content (AvgIpc) is 3.02. The number of hydrogen-bond donors (Lipinski definition) is 0. The normalized spacial score (nSPS) is 27.1. The van der Waals surface area contributed by atoms with Gasteiger partial charge in [0.25, 0.3) is 0 Å². The zero-order chi connectivity index (χ0) is 14.7. The quantitative estimate of drug-likeness (QED) is 0.766. The third kappa shape index (κ3) is 3.32. The minimum atomic E-state index is -0.133. The molecule has 3 rings (SSSR count). The molecule has 0 aromatic heterocycles. The van der Waals surface area contributed by atoms with Crippen molar-refractivity contribution < 1.29 is 9.47 Å². The summed E-state index contributed by atoms with van der Waals surface area (Å²) >= 11 is 0. The highest BCUT2D eigenvalue weighted by Crippen LogP contribution is 2.42. The molecule has 1 saturated carbocycles. The Kier molecular flexibility index (Phi) is 4.97. The lowest BCUT2D eigenvalue weighted by Crippen LogP contribution is -2.17. The van der Waals surface area contributed by atoms with Gasteiger partial charge in [-0.15, -0.1) is 0 Å². The highest BCUT2D eigenvalue weighted by atomic mass is 16.7. The molecule has 0 spiro atoms. The van der Waals surface area contributed by atoms with Crippen LogP contribution in [-0.2, 0) is 9.47 Å². The largest absolute Gasteiger partial charge is 0.346 e. The zero-order valence-electron chi connectivity index (χ0n) is 13.4. The van der Waals surface area contributed by atoms with Crippen molar-refractivity contribution in [3.05, 3.63) is 34.9 Å². The van der Waals surface area contributed by atoms with Gasteiger partial charge in [-0.05, 0) is 42.7 Å². The van der Waals surface area contributed by atoms with Gasteiger partial charge in [-0.2, -0.15) is 0 Å². The standard InChI is InChI=1S/C19H28O2/c1-3-6-15-8-5-9-16(13-15)18-14(2)7-4-10-17(18)19-20-11-12-21-19/h4,7,10,15-16,19H,3,5-6,8-9,11-13H2,1-2H3. The van der Waals surface area contributed by atoms with E-state index in [1.54, 1.807) is 0 Å². The lowest BCUT2D eigenvalue weighted by atomic mass is 9.74. The van der Waals surface area contributed by atoms with Crippen molar-refractivity contribution in [3.8, 4) is 0 Å². The molecule has 21 heavy (non-hydrogen) atoms. The molecule has 1 aromatic carbocycles. The monoisotopic (exact) mass is 288 g/mol. The molecule has 0 radical (unpaired) electrons. The summed E-state index contributed by atoms with van der Waals surface area (Å²) in [6, 6.07) is 6.60. The Labute approximate surface area is 128 Å². The molecule has 116 valence electrons. The van der Waals surface area contributed by atoms with Crippen LogP contribution in [0, 0.1) is 12.8 Å². The van der Waals surface area contributed by atoms with Crippen molar-refractivity contribution in [2.45, 2.75) is 64.6 Å². The van der Waals surface area contributed by atoms with Crippen LogP contribution >= 0.6 is 0 Å². The summed E-state index contributed by atoms with van der Waals surface area (Å²) in [6.45, 7) is 6.00. The number of ether oxygens (including phenoxy) is 2. The molecule has 2 atom stereocenters. The molecule has 1 aromatic rings. The highest BCUT2D eigenvalue weighted by Gasteiger charge is 2.29. The van der Waals surface area contributed by atoms with Gasteiger partial charge in [0.05, 0.1) is 13.2 Å². The summed E-state index contributed by atoms with van der Waals surface area (Å²) in [5.74, 6) is 1.60. The van der Waals surface area contributed by atoms with E-state index in [0.717, 1.165) is 19.1 Å². The lowest BCUT2D eigenvalue weighted by Gasteiger charge is -2.32. The fraction of sp³-hybridized carbons (Fsp3) is 0.684. The Balaban J connectivity index is 1.86. The second kappa shape index (κ2) is 6.93. The Morgan fingerprint density at radius 2 is 1.95 bits per heavy atom. The van der Waals surface area contributed by atoms with E-state index in [-0.39, 0.29) is 6.29 Å². The van der Waals surface area contributed by atoms with Crippen LogP contribution in [0.4, 0.5) is 0 Å². The summed E-state index contributed by atoms with van der Waals surface area (Å²) in [4.78, 5) is 0. The molecule has 0 amide bonds. The van der Waals surface area contributed by atoms with E-state index in [2.05, 4.69) is 32.0 Å². The number of rotatable bonds is 4. The second-order valence-electron chi connectivity index (χ2n) is 6.67. The molecule has 2 unspecified atom stereocenters. The van der Waals surface area contributed by atoms with E-state index in [9.17, 15) is 0 Å². The summed E-state index contributed by atoms with van der Waals surface area (Å²) in [5.41, 5.74) is 4.22. The van der Waals surface area contributed by atoms with Crippen LogP contribution in [0.2, 0.25) is 0 Å². The van der Waals surface area contributed by atoms with Crippen LogP contribution in [0.5, 0.6) is 0 Å². The summed E-state index contributed by atoms with van der Waals surface area (Å²) in [6.07, 6.45) is 8.02. The Morgan fingerprint density at radius 1 is 1.14 bits per heavy atom. The average molecular weight is 288 g/mol. The zero-order valence-corrected chi connectivity index (χ0v) is 13.4. The minimum absolute atomic E-state index is 0.133. The molecular weight excluding hydrogens is 260 g/mol. The molecule has 1 aliphatic carbocycles. The van der Waals surface area contributed by atoms with Crippen molar-refractivity contribution >= 4 is 0 Å². The van der Waals surface area contributed by atoms with Crippen molar-refractivity contribution in [1.29, 1.82) is 0 Å². The topological polar surface area (TPSA) is 18.5 Å². The predicted octanol–water partition coefficient (Wildman–Crippen LogP) is 5.11. The van der Waals surface area contributed by atoms with Crippen LogP contribution in [0.15, 0.2) is 18.2 Å². The van der Waals surface area contributed by atoms with Crippen LogP contribution in [0.3, 0.4) is 0 Å². The smallest absolute Gasteiger partial charge is 0.184 e. The summed E-state index contributed by atoms with van der Waals surface area (Å²) in [7, 11) is 0. The van der Waals surface area contributed by atoms with E-state index >= 15 is 0 Å². The maximum Gasteiger partial charge on any atom is 0.184 e. The third-order valence-corrected chi connectivity index (χ3v) is 5.12. The molecular formula is C19H28O2. The Hall–Kier alpha value is -0.860. The van der Waals surface area contributed by atoms with Crippen LogP contribution in [-0.4, -0.2) is 13.2 Å². The summed E-state index contributed by atoms with van der Waals surface area (Å²) < 4.78 is 11.6. The van der Waals surface area contributed by atoms with Gasteiger partial charge in [-0.25, -0.2) is 0 Å². The Morgan fingerprint density at radius 3 is 2.71 bits per heavy atom. The first-order valence-electron chi connectivity index (χ1n) is 8.62.